The van der Waals surface area contributed by atoms with Crippen LogP contribution in [0.25, 0.3) is 17.1 Å². The van der Waals surface area contributed by atoms with E-state index in [2.05, 4.69) is 56.1 Å². The molecule has 26 heavy (non-hydrogen) atoms. The maximum Gasteiger partial charge on any atom is 0.200 e. The van der Waals surface area contributed by atoms with Gasteiger partial charge in [-0.1, -0.05) is 45.9 Å². The fraction of sp³-hybridized carbons (Fsp3) is 0.333. The lowest BCUT2D eigenvalue weighted by Gasteiger charge is -2.21. The molecule has 0 amide bonds. The van der Waals surface area contributed by atoms with Crippen LogP contribution in [0.3, 0.4) is 0 Å². The molecule has 1 heterocycles. The third-order valence-electron chi connectivity index (χ3n) is 4.69. The lowest BCUT2D eigenvalue weighted by Crippen LogP contribution is -2.09. The molecular weight excluding hydrogens is 342 g/mol. The first-order valence-electron chi connectivity index (χ1n) is 8.91. The minimum absolute atomic E-state index is 0.248. The topological polar surface area (TPSA) is 53.8 Å². The molecule has 5 heteroatoms. The molecule has 0 saturated heterocycles. The van der Waals surface area contributed by atoms with Gasteiger partial charge < -0.3 is 5.11 Å². The molecule has 0 saturated carbocycles. The highest BCUT2D eigenvalue weighted by Gasteiger charge is 2.21. The van der Waals surface area contributed by atoms with Gasteiger partial charge in [0, 0.05) is 5.56 Å². The summed E-state index contributed by atoms with van der Waals surface area (Å²) in [7, 11) is 0. The quantitative estimate of drug-likeness (QED) is 0.568. The van der Waals surface area contributed by atoms with Crippen molar-refractivity contribution in [1.82, 2.24) is 14.8 Å². The lowest BCUT2D eigenvalue weighted by molar-refractivity contribution is 0.475. The Bertz CT molecular complexity index is 972. The molecule has 0 fully saturated rings. The average Bonchev–Trinajstić information content (AvgIpc) is 2.95. The van der Waals surface area contributed by atoms with Crippen molar-refractivity contribution in [1.29, 1.82) is 0 Å². The highest BCUT2D eigenvalue weighted by Crippen LogP contribution is 2.35. The Balaban J connectivity index is 2.37. The summed E-state index contributed by atoms with van der Waals surface area (Å²) in [6.45, 7) is 10.7. The van der Waals surface area contributed by atoms with Crippen molar-refractivity contribution < 1.29 is 5.11 Å². The number of aromatic hydroxyl groups is 1. The van der Waals surface area contributed by atoms with Crippen LogP contribution >= 0.6 is 12.2 Å². The predicted molar refractivity (Wildman–Crippen MR) is 109 cm³/mol. The average molecular weight is 368 g/mol. The normalized spacial score (nSPS) is 11.5. The van der Waals surface area contributed by atoms with E-state index in [1.807, 2.05) is 17.6 Å². The number of H-pyrrole nitrogens is 1. The number of phenols is 1. The molecule has 1 aromatic heterocycles. The van der Waals surface area contributed by atoms with Crippen LogP contribution in [0.2, 0.25) is 0 Å². The van der Waals surface area contributed by atoms with Crippen LogP contribution < -0.4 is 0 Å². The first kappa shape index (κ1) is 18.4. The molecular formula is C21H25N3OS. The monoisotopic (exact) mass is 367 g/mol. The number of nitrogens with zero attached hydrogens (tertiary/aromatic N) is 2. The number of aryl methyl sites for hydroxylation is 1. The van der Waals surface area contributed by atoms with Gasteiger partial charge in [0.1, 0.15) is 5.75 Å². The van der Waals surface area contributed by atoms with Gasteiger partial charge in [-0.2, -0.15) is 5.10 Å². The summed E-state index contributed by atoms with van der Waals surface area (Å²) in [5.74, 6) is 1.73. The fourth-order valence-corrected chi connectivity index (χ4v) is 3.58. The van der Waals surface area contributed by atoms with Crippen LogP contribution in [0.5, 0.6) is 5.75 Å². The molecule has 0 bridgehead atoms. The van der Waals surface area contributed by atoms with Crippen LogP contribution in [-0.4, -0.2) is 19.9 Å². The summed E-state index contributed by atoms with van der Waals surface area (Å²) in [6.07, 6.45) is 0. The van der Waals surface area contributed by atoms with E-state index in [4.69, 9.17) is 12.2 Å². The smallest absolute Gasteiger partial charge is 0.200 e. The standard InChI is InChI=1S/C21H25N3OS/c1-12(2)16-7-6-8-17(13(3)4)19(16)24-20(22-23-21(24)26)18-10-9-15(25)11-14(18)5/h6-13,25H,1-5H3,(H,23,26). The number of phenolic OH excluding ortho intramolecular Hbond substituents is 1. The summed E-state index contributed by atoms with van der Waals surface area (Å²) >= 11 is 5.61. The minimum Gasteiger partial charge on any atom is -0.508 e. The summed E-state index contributed by atoms with van der Waals surface area (Å²) in [5.41, 5.74) is 5.49. The maximum atomic E-state index is 9.75. The van der Waals surface area contributed by atoms with Gasteiger partial charge in [0.25, 0.3) is 0 Å². The third-order valence-corrected chi connectivity index (χ3v) is 4.96. The Morgan fingerprint density at radius 1 is 1.04 bits per heavy atom. The Morgan fingerprint density at radius 2 is 1.65 bits per heavy atom. The molecule has 0 unspecified atom stereocenters. The van der Waals surface area contributed by atoms with Crippen molar-refractivity contribution in [3.05, 3.63) is 57.9 Å². The zero-order valence-corrected chi connectivity index (χ0v) is 16.7. The summed E-state index contributed by atoms with van der Waals surface area (Å²) < 4.78 is 2.61. The molecule has 0 spiro atoms. The van der Waals surface area contributed by atoms with Crippen molar-refractivity contribution in [2.45, 2.75) is 46.5 Å². The molecule has 0 atom stereocenters. The third kappa shape index (κ3) is 3.19. The molecule has 4 nitrogen and oxygen atoms in total. The number of para-hydroxylation sites is 1. The van der Waals surface area contributed by atoms with Crippen molar-refractivity contribution in [3.63, 3.8) is 0 Å². The first-order valence-corrected chi connectivity index (χ1v) is 9.32. The van der Waals surface area contributed by atoms with E-state index in [0.29, 0.717) is 16.6 Å². The van der Waals surface area contributed by atoms with E-state index in [0.717, 1.165) is 22.6 Å². The fourth-order valence-electron chi connectivity index (χ4n) is 3.35. The molecule has 3 rings (SSSR count). The summed E-state index contributed by atoms with van der Waals surface area (Å²) in [5, 5.41) is 17.2. The van der Waals surface area contributed by atoms with E-state index >= 15 is 0 Å². The SMILES string of the molecule is Cc1cc(O)ccc1-c1n[nH]c(=S)n1-c1c(C(C)C)cccc1C(C)C. The van der Waals surface area contributed by atoms with Crippen molar-refractivity contribution >= 4 is 12.2 Å². The largest absolute Gasteiger partial charge is 0.508 e. The predicted octanol–water partition coefficient (Wildman–Crippen LogP) is 5.86. The lowest BCUT2D eigenvalue weighted by atomic mass is 9.92. The van der Waals surface area contributed by atoms with Crippen molar-refractivity contribution in [3.8, 4) is 22.8 Å². The molecule has 0 radical (unpaired) electrons. The van der Waals surface area contributed by atoms with Crippen molar-refractivity contribution in [2.24, 2.45) is 0 Å². The maximum absolute atomic E-state index is 9.75. The van der Waals surface area contributed by atoms with E-state index in [1.54, 1.807) is 12.1 Å². The van der Waals surface area contributed by atoms with Gasteiger partial charge in [-0.25, -0.2) is 0 Å². The Labute approximate surface area is 159 Å². The number of hydrogen-bond acceptors (Lipinski definition) is 3. The molecule has 0 aliphatic heterocycles. The van der Waals surface area contributed by atoms with E-state index in [9.17, 15) is 5.11 Å². The second kappa shape index (κ2) is 7.08. The molecule has 3 aromatic rings. The van der Waals surface area contributed by atoms with Gasteiger partial charge in [-0.15, -0.1) is 0 Å². The number of rotatable bonds is 4. The van der Waals surface area contributed by atoms with Gasteiger partial charge in [0.2, 0.25) is 0 Å². The van der Waals surface area contributed by atoms with Gasteiger partial charge in [-0.05, 0) is 65.9 Å². The molecule has 0 aliphatic carbocycles. The van der Waals surface area contributed by atoms with Crippen LogP contribution in [0.15, 0.2) is 36.4 Å². The van der Waals surface area contributed by atoms with Gasteiger partial charge in [0.15, 0.2) is 10.6 Å². The highest BCUT2D eigenvalue weighted by atomic mass is 32.1. The van der Waals surface area contributed by atoms with Crippen LogP contribution in [0.1, 0.15) is 56.2 Å². The number of aromatic nitrogens is 3. The number of benzene rings is 2. The minimum atomic E-state index is 0.248. The van der Waals surface area contributed by atoms with Crippen LogP contribution in [0.4, 0.5) is 0 Å². The van der Waals surface area contributed by atoms with E-state index in [-0.39, 0.29) is 5.75 Å². The molecule has 2 N–H and O–H groups in total. The van der Waals surface area contributed by atoms with Crippen molar-refractivity contribution in [2.75, 3.05) is 0 Å². The Hall–Kier alpha value is -2.40. The highest BCUT2D eigenvalue weighted by molar-refractivity contribution is 7.71. The van der Waals surface area contributed by atoms with Crippen LogP contribution in [0, 0.1) is 11.7 Å². The number of hydrogen-bond donors (Lipinski definition) is 2. The Morgan fingerprint density at radius 3 is 2.19 bits per heavy atom. The second-order valence-electron chi connectivity index (χ2n) is 7.28. The first-order chi connectivity index (χ1) is 12.3. The van der Waals surface area contributed by atoms with Gasteiger partial charge in [-0.3, -0.25) is 9.67 Å². The van der Waals surface area contributed by atoms with E-state index < -0.39 is 0 Å². The van der Waals surface area contributed by atoms with Gasteiger partial charge in [0.05, 0.1) is 5.69 Å². The number of aromatic amines is 1. The number of nitrogens with one attached hydrogen (secondary N) is 1. The molecule has 136 valence electrons. The summed E-state index contributed by atoms with van der Waals surface area (Å²) in [4.78, 5) is 0. The Kier molecular flexibility index (Phi) is 5.01. The van der Waals surface area contributed by atoms with E-state index in [1.165, 1.54) is 11.1 Å². The second-order valence-corrected chi connectivity index (χ2v) is 7.67. The van der Waals surface area contributed by atoms with Crippen LogP contribution in [-0.2, 0) is 0 Å². The summed E-state index contributed by atoms with van der Waals surface area (Å²) in [6, 6.07) is 11.8. The molecule has 2 aromatic carbocycles. The zero-order valence-electron chi connectivity index (χ0n) is 15.9. The van der Waals surface area contributed by atoms with Gasteiger partial charge >= 0.3 is 0 Å². The molecule has 0 aliphatic rings. The zero-order chi connectivity index (χ0) is 19.0.